The summed E-state index contributed by atoms with van der Waals surface area (Å²) < 4.78 is 0. The molecule has 0 N–H and O–H groups in total. The van der Waals surface area contributed by atoms with Crippen molar-refractivity contribution < 1.29 is 4.79 Å². The Bertz CT molecular complexity index is 572. The number of ketones is 1. The lowest BCUT2D eigenvalue weighted by molar-refractivity contribution is 0.102. The molecule has 115 valence electrons. The zero-order valence-corrected chi connectivity index (χ0v) is 13.5. The Balaban J connectivity index is 1.69. The lowest BCUT2D eigenvalue weighted by atomic mass is 10.0. The minimum atomic E-state index is 0.130. The van der Waals surface area contributed by atoms with E-state index in [0.29, 0.717) is 0 Å². The summed E-state index contributed by atoms with van der Waals surface area (Å²) in [6.45, 7) is 0. The van der Waals surface area contributed by atoms with E-state index in [-0.39, 0.29) is 5.78 Å². The van der Waals surface area contributed by atoms with Gasteiger partial charge in [0.2, 0.25) is 0 Å². The second-order valence-corrected chi connectivity index (χ2v) is 5.74. The zero-order chi connectivity index (χ0) is 15.8. The fourth-order valence-electron chi connectivity index (χ4n) is 2.39. The molecule has 0 bridgehead atoms. The summed E-state index contributed by atoms with van der Waals surface area (Å²) >= 11 is 0. The van der Waals surface area contributed by atoms with Gasteiger partial charge in [-0.2, -0.15) is 0 Å². The maximum atomic E-state index is 12.1. The second kappa shape index (κ2) is 8.38. The zero-order valence-electron chi connectivity index (χ0n) is 13.5. The number of aryl methyl sites for hydroxylation is 1. The van der Waals surface area contributed by atoms with Crippen molar-refractivity contribution in [3.05, 3.63) is 72.1 Å². The standard InChI is InChI=1S/C20H24NO/c1-21(2)19-15-13-18(14-16-19)20(22)12-8-4-7-11-17-9-5-3-6-10-17/h3,5-6,9-10,12-16H,4,7-8,11H2,1-2H3. The van der Waals surface area contributed by atoms with E-state index in [1.807, 2.05) is 55.7 Å². The van der Waals surface area contributed by atoms with Gasteiger partial charge in [-0.15, -0.1) is 0 Å². The molecule has 0 aliphatic carbocycles. The average Bonchev–Trinajstić information content (AvgIpc) is 2.55. The molecular weight excluding hydrogens is 270 g/mol. The Hall–Kier alpha value is -2.09. The van der Waals surface area contributed by atoms with Crippen LogP contribution in [-0.4, -0.2) is 19.9 Å². The van der Waals surface area contributed by atoms with Crippen LogP contribution < -0.4 is 4.90 Å². The van der Waals surface area contributed by atoms with Crippen molar-refractivity contribution in [2.24, 2.45) is 0 Å². The van der Waals surface area contributed by atoms with Crippen LogP contribution in [0.3, 0.4) is 0 Å². The maximum Gasteiger partial charge on any atom is 0.166 e. The van der Waals surface area contributed by atoms with E-state index in [9.17, 15) is 4.79 Å². The van der Waals surface area contributed by atoms with Gasteiger partial charge in [0.1, 0.15) is 0 Å². The van der Waals surface area contributed by atoms with Crippen molar-refractivity contribution in [3.63, 3.8) is 0 Å². The van der Waals surface area contributed by atoms with Crippen LogP contribution in [0, 0.1) is 6.42 Å². The molecule has 22 heavy (non-hydrogen) atoms. The van der Waals surface area contributed by atoms with Crippen LogP contribution >= 0.6 is 0 Å². The van der Waals surface area contributed by atoms with Crippen LogP contribution in [0.1, 0.15) is 35.2 Å². The van der Waals surface area contributed by atoms with E-state index in [0.717, 1.165) is 36.9 Å². The molecule has 0 aliphatic rings. The van der Waals surface area contributed by atoms with Crippen molar-refractivity contribution in [1.82, 2.24) is 0 Å². The van der Waals surface area contributed by atoms with Gasteiger partial charge in [-0.1, -0.05) is 36.8 Å². The average molecular weight is 294 g/mol. The highest BCUT2D eigenvalue weighted by Crippen LogP contribution is 2.15. The number of benzene rings is 2. The van der Waals surface area contributed by atoms with Crippen LogP contribution in [0.15, 0.2) is 54.6 Å². The Morgan fingerprint density at radius 1 is 0.955 bits per heavy atom. The van der Waals surface area contributed by atoms with Crippen LogP contribution in [0.4, 0.5) is 5.69 Å². The Kier molecular flexibility index (Phi) is 6.20. The molecule has 0 saturated carbocycles. The summed E-state index contributed by atoms with van der Waals surface area (Å²) in [6.07, 6.45) is 5.92. The van der Waals surface area contributed by atoms with E-state index < -0.39 is 0 Å². The third-order valence-electron chi connectivity index (χ3n) is 3.76. The van der Waals surface area contributed by atoms with E-state index >= 15 is 0 Å². The van der Waals surface area contributed by atoms with Gasteiger partial charge in [0.25, 0.3) is 0 Å². The monoisotopic (exact) mass is 294 g/mol. The van der Waals surface area contributed by atoms with E-state index in [2.05, 4.69) is 24.3 Å². The molecule has 0 saturated heterocycles. The fraction of sp³-hybridized carbons (Fsp3) is 0.300. The summed E-state index contributed by atoms with van der Waals surface area (Å²) in [5.74, 6) is 0.130. The number of unbranched alkanes of at least 4 members (excludes halogenated alkanes) is 2. The molecular formula is C20H24NO. The molecule has 2 aromatic carbocycles. The molecule has 2 rings (SSSR count). The Morgan fingerprint density at radius 3 is 2.27 bits per heavy atom. The van der Waals surface area contributed by atoms with Crippen LogP contribution in [0.5, 0.6) is 0 Å². The van der Waals surface area contributed by atoms with Gasteiger partial charge in [0.15, 0.2) is 5.78 Å². The van der Waals surface area contributed by atoms with Gasteiger partial charge < -0.3 is 4.90 Å². The highest BCUT2D eigenvalue weighted by Gasteiger charge is 2.06. The van der Waals surface area contributed by atoms with Gasteiger partial charge in [0.05, 0.1) is 0 Å². The third kappa shape index (κ3) is 5.03. The second-order valence-electron chi connectivity index (χ2n) is 5.74. The topological polar surface area (TPSA) is 20.3 Å². The quantitative estimate of drug-likeness (QED) is 0.526. The Morgan fingerprint density at radius 2 is 1.64 bits per heavy atom. The molecule has 0 aromatic heterocycles. The van der Waals surface area contributed by atoms with Crippen molar-refractivity contribution in [3.8, 4) is 0 Å². The van der Waals surface area contributed by atoms with E-state index in [1.54, 1.807) is 0 Å². The first kappa shape index (κ1) is 16.3. The van der Waals surface area contributed by atoms with Gasteiger partial charge in [-0.05, 0) is 49.1 Å². The minimum Gasteiger partial charge on any atom is -0.378 e. The number of Topliss-reactive ketones (excluding diaryl/α,β-unsaturated/α-hetero) is 1. The molecule has 0 unspecified atom stereocenters. The van der Waals surface area contributed by atoms with Crippen LogP contribution in [0.25, 0.3) is 0 Å². The molecule has 2 aromatic rings. The lowest BCUT2D eigenvalue weighted by Gasteiger charge is -2.12. The first-order chi connectivity index (χ1) is 10.7. The molecule has 0 atom stereocenters. The van der Waals surface area contributed by atoms with Gasteiger partial charge in [0, 0.05) is 31.8 Å². The van der Waals surface area contributed by atoms with Crippen LogP contribution in [0.2, 0.25) is 0 Å². The normalized spacial score (nSPS) is 10.5. The molecule has 0 fully saturated rings. The first-order valence-corrected chi connectivity index (χ1v) is 7.85. The van der Waals surface area contributed by atoms with Gasteiger partial charge >= 0.3 is 0 Å². The smallest absolute Gasteiger partial charge is 0.166 e. The summed E-state index contributed by atoms with van der Waals surface area (Å²) in [5.41, 5.74) is 3.25. The van der Waals surface area contributed by atoms with Crippen molar-refractivity contribution >= 4 is 11.5 Å². The molecule has 0 aliphatic heterocycles. The summed E-state index contributed by atoms with van der Waals surface area (Å²) in [4.78, 5) is 14.1. The summed E-state index contributed by atoms with van der Waals surface area (Å²) in [7, 11) is 3.99. The molecule has 0 amide bonds. The molecule has 1 radical (unpaired) electrons. The largest absolute Gasteiger partial charge is 0.378 e. The number of anilines is 1. The number of rotatable bonds is 8. The number of hydrogen-bond donors (Lipinski definition) is 0. The van der Waals surface area contributed by atoms with E-state index in [1.165, 1.54) is 5.56 Å². The SMILES string of the molecule is CN(C)c1ccc(C(=O)[CH]CCCCc2ccccc2)cc1. The molecule has 0 spiro atoms. The van der Waals surface area contributed by atoms with Crippen molar-refractivity contribution in [2.45, 2.75) is 25.7 Å². The van der Waals surface area contributed by atoms with E-state index in [4.69, 9.17) is 0 Å². The fourth-order valence-corrected chi connectivity index (χ4v) is 2.39. The Labute approximate surface area is 133 Å². The van der Waals surface area contributed by atoms with Gasteiger partial charge in [-0.3, -0.25) is 4.79 Å². The maximum absolute atomic E-state index is 12.1. The number of hydrogen-bond acceptors (Lipinski definition) is 2. The highest BCUT2D eigenvalue weighted by molar-refractivity contribution is 6.02. The lowest BCUT2D eigenvalue weighted by Crippen LogP contribution is -2.09. The number of carbonyl (C=O) groups excluding carboxylic acids is 1. The summed E-state index contributed by atoms with van der Waals surface area (Å²) in [6, 6.07) is 18.3. The predicted molar refractivity (Wildman–Crippen MR) is 93.4 cm³/mol. The number of nitrogens with zero attached hydrogens (tertiary/aromatic N) is 1. The molecule has 2 heteroatoms. The predicted octanol–water partition coefficient (Wildman–Crippen LogP) is 4.55. The third-order valence-corrected chi connectivity index (χ3v) is 3.76. The van der Waals surface area contributed by atoms with Gasteiger partial charge in [-0.25, -0.2) is 0 Å². The first-order valence-electron chi connectivity index (χ1n) is 7.85. The summed E-state index contributed by atoms with van der Waals surface area (Å²) in [5, 5.41) is 0. The molecule has 0 heterocycles. The minimum absolute atomic E-state index is 0.130. The molecule has 2 nitrogen and oxygen atoms in total. The van der Waals surface area contributed by atoms with Crippen molar-refractivity contribution in [1.29, 1.82) is 0 Å². The van der Waals surface area contributed by atoms with Crippen molar-refractivity contribution in [2.75, 3.05) is 19.0 Å². The van der Waals surface area contributed by atoms with Crippen LogP contribution in [-0.2, 0) is 6.42 Å². The number of carbonyl (C=O) groups is 1. The highest BCUT2D eigenvalue weighted by atomic mass is 16.1.